The minimum atomic E-state index is -0.698. The third-order valence-corrected chi connectivity index (χ3v) is 6.46. The van der Waals surface area contributed by atoms with E-state index < -0.39 is 6.04 Å². The van der Waals surface area contributed by atoms with Gasteiger partial charge in [-0.05, 0) is 48.6 Å². The van der Waals surface area contributed by atoms with Gasteiger partial charge in [-0.25, -0.2) is 0 Å². The van der Waals surface area contributed by atoms with Gasteiger partial charge in [0.25, 0.3) is 5.91 Å². The molecule has 1 heterocycles. The van der Waals surface area contributed by atoms with Crippen molar-refractivity contribution < 1.29 is 14.4 Å². The Morgan fingerprint density at radius 1 is 1.06 bits per heavy atom. The maximum absolute atomic E-state index is 13.6. The fourth-order valence-corrected chi connectivity index (χ4v) is 4.39. The van der Waals surface area contributed by atoms with Crippen molar-refractivity contribution in [2.24, 2.45) is 0 Å². The number of unbranched alkanes of at least 4 members (excludes halogenated alkanes) is 1. The molecule has 7 heteroatoms. The summed E-state index contributed by atoms with van der Waals surface area (Å²) in [5, 5.41) is 5.33. The molecule has 3 aromatic rings. The molecule has 0 spiro atoms. The first-order valence-electron chi connectivity index (χ1n) is 11.6. The number of carbonyl (C=O) groups is 3. The Kier molecular flexibility index (Phi) is 7.17. The molecule has 0 aliphatic carbocycles. The molecule has 1 aliphatic heterocycles. The van der Waals surface area contributed by atoms with Crippen molar-refractivity contribution in [3.05, 3.63) is 76.8 Å². The zero-order valence-corrected chi connectivity index (χ0v) is 20.1. The highest BCUT2D eigenvalue weighted by atomic mass is 35.5. The van der Waals surface area contributed by atoms with Crippen LogP contribution in [0, 0.1) is 0 Å². The second kappa shape index (κ2) is 10.3. The summed E-state index contributed by atoms with van der Waals surface area (Å²) in [5.41, 5.74) is 2.16. The quantitative estimate of drug-likeness (QED) is 0.450. The first kappa shape index (κ1) is 23.8. The molecular formula is C27H28ClN3O3. The van der Waals surface area contributed by atoms with Gasteiger partial charge in [-0.15, -0.1) is 0 Å². The lowest BCUT2D eigenvalue weighted by atomic mass is 10.1. The molecule has 0 aromatic heterocycles. The van der Waals surface area contributed by atoms with Gasteiger partial charge in [0.1, 0.15) is 12.6 Å². The van der Waals surface area contributed by atoms with E-state index in [0.29, 0.717) is 17.1 Å². The first-order chi connectivity index (χ1) is 16.4. The van der Waals surface area contributed by atoms with E-state index in [9.17, 15) is 14.4 Å². The number of anilines is 1. The van der Waals surface area contributed by atoms with E-state index in [1.54, 1.807) is 25.1 Å². The van der Waals surface area contributed by atoms with E-state index in [2.05, 4.69) is 12.2 Å². The molecule has 1 N–H and O–H groups in total. The lowest BCUT2D eigenvalue weighted by molar-refractivity contribution is -0.139. The van der Waals surface area contributed by atoms with Crippen LogP contribution in [0.25, 0.3) is 10.8 Å². The SMILES string of the molecule is CCCCNC(=O)[C@@H](C)N(Cc1ccc(Cl)cc1)C(=O)CN1C(=O)c2cccc3cccc1c23. The lowest BCUT2D eigenvalue weighted by Gasteiger charge is -2.30. The van der Waals surface area contributed by atoms with Gasteiger partial charge in [-0.1, -0.05) is 61.3 Å². The number of nitrogens with one attached hydrogen (secondary N) is 1. The molecule has 6 nitrogen and oxygen atoms in total. The number of amides is 3. The van der Waals surface area contributed by atoms with Crippen LogP contribution in [0.2, 0.25) is 5.02 Å². The van der Waals surface area contributed by atoms with Crippen molar-refractivity contribution >= 4 is 45.8 Å². The van der Waals surface area contributed by atoms with Gasteiger partial charge in [-0.3, -0.25) is 19.3 Å². The summed E-state index contributed by atoms with van der Waals surface area (Å²) in [7, 11) is 0. The number of nitrogens with zero attached hydrogens (tertiary/aromatic N) is 2. The number of rotatable bonds is 9. The van der Waals surface area contributed by atoms with Gasteiger partial charge >= 0.3 is 0 Å². The highest BCUT2D eigenvalue weighted by Crippen LogP contribution is 2.37. The fraction of sp³-hybridized carbons (Fsp3) is 0.296. The Labute approximate surface area is 204 Å². The molecule has 0 unspecified atom stereocenters. The molecule has 3 aromatic carbocycles. The predicted molar refractivity (Wildman–Crippen MR) is 135 cm³/mol. The highest BCUT2D eigenvalue weighted by molar-refractivity contribution is 6.30. The smallest absolute Gasteiger partial charge is 0.259 e. The van der Waals surface area contributed by atoms with E-state index in [1.807, 2.05) is 42.5 Å². The summed E-state index contributed by atoms with van der Waals surface area (Å²) in [6.07, 6.45) is 1.83. The van der Waals surface area contributed by atoms with Gasteiger partial charge in [0.15, 0.2) is 0 Å². The maximum Gasteiger partial charge on any atom is 0.259 e. The summed E-state index contributed by atoms with van der Waals surface area (Å²) in [5.74, 6) is -0.716. The molecule has 0 fully saturated rings. The number of benzene rings is 3. The fourth-order valence-electron chi connectivity index (χ4n) is 4.27. The normalized spacial score (nSPS) is 13.3. The Hall–Kier alpha value is -3.38. The standard InChI is InChI=1S/C27H28ClN3O3/c1-3-4-15-29-26(33)18(2)30(16-19-11-13-21(28)14-12-19)24(32)17-31-23-10-6-8-20-7-5-9-22(25(20)23)27(31)34/h5-14,18H,3-4,15-17H2,1-2H3,(H,29,33)/t18-/m1/s1. The second-order valence-electron chi connectivity index (χ2n) is 8.54. The molecule has 34 heavy (non-hydrogen) atoms. The van der Waals surface area contributed by atoms with Crippen LogP contribution in [0.1, 0.15) is 42.6 Å². The largest absolute Gasteiger partial charge is 0.354 e. The van der Waals surface area contributed by atoms with Gasteiger partial charge in [0.2, 0.25) is 11.8 Å². The van der Waals surface area contributed by atoms with Crippen molar-refractivity contribution in [2.75, 3.05) is 18.0 Å². The van der Waals surface area contributed by atoms with E-state index in [4.69, 9.17) is 11.6 Å². The van der Waals surface area contributed by atoms with Crippen LogP contribution < -0.4 is 10.2 Å². The second-order valence-corrected chi connectivity index (χ2v) is 8.98. The van der Waals surface area contributed by atoms with E-state index in [-0.39, 0.29) is 30.8 Å². The number of carbonyl (C=O) groups excluding carboxylic acids is 3. The molecule has 176 valence electrons. The lowest BCUT2D eigenvalue weighted by Crippen LogP contribution is -2.51. The van der Waals surface area contributed by atoms with Crippen molar-refractivity contribution in [1.82, 2.24) is 10.2 Å². The molecular weight excluding hydrogens is 450 g/mol. The molecule has 0 saturated heterocycles. The molecule has 0 bridgehead atoms. The average molecular weight is 478 g/mol. The van der Waals surface area contributed by atoms with E-state index in [0.717, 1.165) is 34.9 Å². The number of halogens is 1. The Morgan fingerprint density at radius 3 is 2.47 bits per heavy atom. The zero-order valence-electron chi connectivity index (χ0n) is 19.4. The summed E-state index contributed by atoms with van der Waals surface area (Å²) in [6.45, 7) is 4.42. The van der Waals surface area contributed by atoms with Crippen LogP contribution in [0.15, 0.2) is 60.7 Å². The minimum Gasteiger partial charge on any atom is -0.354 e. The predicted octanol–water partition coefficient (Wildman–Crippen LogP) is 4.79. The Morgan fingerprint density at radius 2 is 1.76 bits per heavy atom. The van der Waals surface area contributed by atoms with E-state index >= 15 is 0 Å². The van der Waals surface area contributed by atoms with Crippen LogP contribution in [0.3, 0.4) is 0 Å². The van der Waals surface area contributed by atoms with E-state index in [1.165, 1.54) is 9.80 Å². The van der Waals surface area contributed by atoms with Gasteiger partial charge < -0.3 is 10.2 Å². The summed E-state index contributed by atoms with van der Waals surface area (Å²) >= 11 is 6.02. The molecule has 0 radical (unpaired) electrons. The van der Waals surface area contributed by atoms with Gasteiger partial charge in [-0.2, -0.15) is 0 Å². The molecule has 1 atom stereocenters. The summed E-state index contributed by atoms with van der Waals surface area (Å²) in [4.78, 5) is 42.6. The molecule has 3 amide bonds. The highest BCUT2D eigenvalue weighted by Gasteiger charge is 2.34. The van der Waals surface area contributed by atoms with Crippen LogP contribution in [0.4, 0.5) is 5.69 Å². The van der Waals surface area contributed by atoms with Crippen LogP contribution in [0.5, 0.6) is 0 Å². The van der Waals surface area contributed by atoms with Crippen molar-refractivity contribution in [3.8, 4) is 0 Å². The van der Waals surface area contributed by atoms with Gasteiger partial charge in [0.05, 0.1) is 5.69 Å². The average Bonchev–Trinajstić information content (AvgIpc) is 3.11. The molecule has 4 rings (SSSR count). The summed E-state index contributed by atoms with van der Waals surface area (Å²) < 4.78 is 0. The van der Waals surface area contributed by atoms with Crippen LogP contribution in [-0.2, 0) is 16.1 Å². The van der Waals surface area contributed by atoms with Crippen molar-refractivity contribution in [2.45, 2.75) is 39.3 Å². The van der Waals surface area contributed by atoms with Gasteiger partial charge in [0, 0.05) is 29.1 Å². The topological polar surface area (TPSA) is 69.7 Å². The minimum absolute atomic E-state index is 0.146. The van der Waals surface area contributed by atoms with Crippen LogP contribution in [-0.4, -0.2) is 41.8 Å². The van der Waals surface area contributed by atoms with Crippen molar-refractivity contribution in [3.63, 3.8) is 0 Å². The first-order valence-corrected chi connectivity index (χ1v) is 11.9. The third kappa shape index (κ3) is 4.77. The van der Waals surface area contributed by atoms with Crippen LogP contribution >= 0.6 is 11.6 Å². The number of hydrogen-bond acceptors (Lipinski definition) is 3. The third-order valence-electron chi connectivity index (χ3n) is 6.21. The Balaban J connectivity index is 1.59. The monoisotopic (exact) mass is 477 g/mol. The number of hydrogen-bond donors (Lipinski definition) is 1. The zero-order chi connectivity index (χ0) is 24.2. The maximum atomic E-state index is 13.6. The molecule has 0 saturated carbocycles. The Bertz CT molecular complexity index is 1220. The summed E-state index contributed by atoms with van der Waals surface area (Å²) in [6, 6.07) is 17.8. The van der Waals surface area contributed by atoms with Crippen molar-refractivity contribution in [1.29, 1.82) is 0 Å². The molecule has 1 aliphatic rings.